The van der Waals surface area contributed by atoms with Gasteiger partial charge in [0.25, 0.3) is 0 Å². The van der Waals surface area contributed by atoms with Crippen LogP contribution in [0.3, 0.4) is 0 Å². The third-order valence-corrected chi connectivity index (χ3v) is 5.02. The Hall–Kier alpha value is -1.60. The zero-order valence-corrected chi connectivity index (χ0v) is 14.9. The lowest BCUT2D eigenvalue weighted by Crippen LogP contribution is -2.26. The van der Waals surface area contributed by atoms with Crippen molar-refractivity contribution in [2.75, 3.05) is 11.9 Å². The van der Waals surface area contributed by atoms with E-state index in [0.29, 0.717) is 18.2 Å². The van der Waals surface area contributed by atoms with Crippen LogP contribution < -0.4 is 10.0 Å². The molecule has 0 aliphatic heterocycles. The molecule has 1 rings (SSSR count). The lowest BCUT2D eigenvalue weighted by Gasteiger charge is -2.16. The average molecular weight is 342 g/mol. The molecular weight excluding hydrogens is 316 g/mol. The summed E-state index contributed by atoms with van der Waals surface area (Å²) < 4.78 is 27.0. The van der Waals surface area contributed by atoms with Crippen molar-refractivity contribution < 1.29 is 18.3 Å². The standard InChI is InChI=1S/C16H26N2O4S/c1-5-12(4)18-15-7-6-13(10-14(15)16(19)20)23(21,22)17-9-8-11(2)3/h6-7,10-12,17-18H,5,8-9H2,1-4H3,(H,19,20)/t12-/m1/s1. The molecule has 0 aliphatic carbocycles. The molecule has 0 bridgehead atoms. The molecule has 23 heavy (non-hydrogen) atoms. The highest BCUT2D eigenvalue weighted by molar-refractivity contribution is 7.89. The van der Waals surface area contributed by atoms with Crippen molar-refractivity contribution in [1.29, 1.82) is 0 Å². The maximum absolute atomic E-state index is 12.3. The van der Waals surface area contributed by atoms with Crippen LogP contribution in [0.4, 0.5) is 5.69 Å². The Morgan fingerprint density at radius 3 is 2.43 bits per heavy atom. The van der Waals surface area contributed by atoms with Crippen molar-refractivity contribution in [2.45, 2.75) is 51.5 Å². The molecule has 1 aromatic carbocycles. The van der Waals surface area contributed by atoms with Gasteiger partial charge in [-0.05, 0) is 43.9 Å². The molecule has 0 amide bonds. The van der Waals surface area contributed by atoms with Gasteiger partial charge >= 0.3 is 5.97 Å². The van der Waals surface area contributed by atoms with Crippen LogP contribution >= 0.6 is 0 Å². The zero-order valence-electron chi connectivity index (χ0n) is 14.1. The molecule has 7 heteroatoms. The maximum atomic E-state index is 12.3. The first-order valence-electron chi connectivity index (χ1n) is 7.81. The highest BCUT2D eigenvalue weighted by Gasteiger charge is 2.19. The van der Waals surface area contributed by atoms with Crippen LogP contribution in [0.5, 0.6) is 0 Å². The van der Waals surface area contributed by atoms with Crippen molar-refractivity contribution in [3.8, 4) is 0 Å². The molecular formula is C16H26N2O4S. The second-order valence-corrected chi connectivity index (χ2v) is 7.81. The van der Waals surface area contributed by atoms with E-state index in [1.54, 1.807) is 0 Å². The highest BCUT2D eigenvalue weighted by atomic mass is 32.2. The SMILES string of the molecule is CC[C@@H](C)Nc1ccc(S(=O)(=O)NCCC(C)C)cc1C(=O)O. The lowest BCUT2D eigenvalue weighted by molar-refractivity contribution is 0.0697. The summed E-state index contributed by atoms with van der Waals surface area (Å²) in [4.78, 5) is 11.4. The molecule has 130 valence electrons. The smallest absolute Gasteiger partial charge is 0.337 e. The van der Waals surface area contributed by atoms with E-state index in [2.05, 4.69) is 10.0 Å². The van der Waals surface area contributed by atoms with Crippen molar-refractivity contribution in [1.82, 2.24) is 4.72 Å². The Morgan fingerprint density at radius 1 is 1.26 bits per heavy atom. The number of carboxylic acids is 1. The van der Waals surface area contributed by atoms with Crippen molar-refractivity contribution in [3.63, 3.8) is 0 Å². The summed E-state index contributed by atoms with van der Waals surface area (Å²) in [6.45, 7) is 8.26. The third-order valence-electron chi connectivity index (χ3n) is 3.56. The normalized spacial score (nSPS) is 13.1. The van der Waals surface area contributed by atoms with Gasteiger partial charge in [-0.25, -0.2) is 17.9 Å². The van der Waals surface area contributed by atoms with Crippen LogP contribution in [-0.4, -0.2) is 32.1 Å². The third kappa shape index (κ3) is 5.84. The van der Waals surface area contributed by atoms with E-state index in [4.69, 9.17) is 0 Å². The zero-order chi connectivity index (χ0) is 17.6. The molecule has 1 atom stereocenters. The van der Waals surface area contributed by atoms with E-state index in [-0.39, 0.29) is 16.5 Å². The number of sulfonamides is 1. The summed E-state index contributed by atoms with van der Waals surface area (Å²) in [7, 11) is -3.70. The van der Waals surface area contributed by atoms with Crippen LogP contribution in [0.2, 0.25) is 0 Å². The molecule has 0 fully saturated rings. The van der Waals surface area contributed by atoms with Gasteiger partial charge in [-0.1, -0.05) is 20.8 Å². The Bertz CT molecular complexity index is 641. The lowest BCUT2D eigenvalue weighted by atomic mass is 10.1. The number of hydrogen-bond acceptors (Lipinski definition) is 4. The molecule has 0 aromatic heterocycles. The van der Waals surface area contributed by atoms with Gasteiger partial charge in [0.15, 0.2) is 0 Å². The molecule has 0 heterocycles. The maximum Gasteiger partial charge on any atom is 0.337 e. The van der Waals surface area contributed by atoms with E-state index >= 15 is 0 Å². The number of rotatable bonds is 9. The molecule has 6 nitrogen and oxygen atoms in total. The average Bonchev–Trinajstić information content (AvgIpc) is 2.46. The van der Waals surface area contributed by atoms with Crippen LogP contribution in [0.25, 0.3) is 0 Å². The molecule has 1 aromatic rings. The van der Waals surface area contributed by atoms with E-state index in [9.17, 15) is 18.3 Å². The Balaban J connectivity index is 3.05. The molecule has 0 radical (unpaired) electrons. The van der Waals surface area contributed by atoms with Gasteiger partial charge in [0, 0.05) is 18.3 Å². The van der Waals surface area contributed by atoms with Gasteiger partial charge in [0.05, 0.1) is 10.5 Å². The Kier molecular flexibility index (Phi) is 7.02. The molecule has 0 aliphatic rings. The van der Waals surface area contributed by atoms with Crippen molar-refractivity contribution in [2.24, 2.45) is 5.92 Å². The van der Waals surface area contributed by atoms with Crippen LogP contribution in [-0.2, 0) is 10.0 Å². The van der Waals surface area contributed by atoms with Crippen molar-refractivity contribution >= 4 is 21.7 Å². The Labute approximate surface area is 138 Å². The first kappa shape index (κ1) is 19.4. The van der Waals surface area contributed by atoms with E-state index in [0.717, 1.165) is 12.8 Å². The summed E-state index contributed by atoms with van der Waals surface area (Å²) in [6.07, 6.45) is 1.55. The van der Waals surface area contributed by atoms with E-state index in [1.165, 1.54) is 18.2 Å². The van der Waals surface area contributed by atoms with Gasteiger partial charge in [-0.15, -0.1) is 0 Å². The predicted molar refractivity (Wildman–Crippen MR) is 91.4 cm³/mol. The second kappa shape index (κ2) is 8.31. The van der Waals surface area contributed by atoms with Gasteiger partial charge in [-0.2, -0.15) is 0 Å². The fourth-order valence-electron chi connectivity index (χ4n) is 1.93. The van der Waals surface area contributed by atoms with Crippen LogP contribution in [0.1, 0.15) is 50.9 Å². The Morgan fingerprint density at radius 2 is 1.91 bits per heavy atom. The predicted octanol–water partition coefficient (Wildman–Crippen LogP) is 2.92. The number of carboxylic acid groups (broad SMARTS) is 1. The summed E-state index contributed by atoms with van der Waals surface area (Å²) in [6, 6.07) is 4.23. The summed E-state index contributed by atoms with van der Waals surface area (Å²) in [5.41, 5.74) is 0.380. The fourth-order valence-corrected chi connectivity index (χ4v) is 3.00. The molecule has 0 saturated heterocycles. The first-order chi connectivity index (χ1) is 10.7. The minimum atomic E-state index is -3.70. The number of nitrogens with one attached hydrogen (secondary N) is 2. The van der Waals surface area contributed by atoms with Crippen molar-refractivity contribution in [3.05, 3.63) is 23.8 Å². The summed E-state index contributed by atoms with van der Waals surface area (Å²) >= 11 is 0. The number of hydrogen-bond donors (Lipinski definition) is 3. The van der Waals surface area contributed by atoms with Crippen LogP contribution in [0, 0.1) is 5.92 Å². The number of benzene rings is 1. The number of carbonyl (C=O) groups is 1. The topological polar surface area (TPSA) is 95.5 Å². The number of anilines is 1. The monoisotopic (exact) mass is 342 g/mol. The van der Waals surface area contributed by atoms with E-state index in [1.807, 2.05) is 27.7 Å². The molecule has 3 N–H and O–H groups in total. The fraction of sp³-hybridized carbons (Fsp3) is 0.562. The molecule has 0 unspecified atom stereocenters. The first-order valence-corrected chi connectivity index (χ1v) is 9.29. The molecule has 0 saturated carbocycles. The quantitative estimate of drug-likeness (QED) is 0.641. The van der Waals surface area contributed by atoms with Gasteiger partial charge in [0.1, 0.15) is 0 Å². The van der Waals surface area contributed by atoms with Gasteiger partial charge < -0.3 is 10.4 Å². The number of aromatic carboxylic acids is 1. The minimum absolute atomic E-state index is 0.0339. The van der Waals surface area contributed by atoms with E-state index < -0.39 is 16.0 Å². The largest absolute Gasteiger partial charge is 0.478 e. The van der Waals surface area contributed by atoms with Gasteiger partial charge in [0.2, 0.25) is 10.0 Å². The van der Waals surface area contributed by atoms with Gasteiger partial charge in [-0.3, -0.25) is 0 Å². The second-order valence-electron chi connectivity index (χ2n) is 6.05. The van der Waals surface area contributed by atoms with Crippen LogP contribution in [0.15, 0.2) is 23.1 Å². The molecule has 0 spiro atoms. The minimum Gasteiger partial charge on any atom is -0.478 e. The summed E-state index contributed by atoms with van der Waals surface area (Å²) in [5, 5.41) is 12.4. The summed E-state index contributed by atoms with van der Waals surface area (Å²) in [5.74, 6) is -0.774. The highest BCUT2D eigenvalue weighted by Crippen LogP contribution is 2.22.